The summed E-state index contributed by atoms with van der Waals surface area (Å²) in [5, 5.41) is 0. The fraction of sp³-hybridized carbons (Fsp3) is 0.333. The third-order valence-corrected chi connectivity index (χ3v) is 4.96. The molecule has 0 fully saturated rings. The fourth-order valence-corrected chi connectivity index (χ4v) is 3.32. The lowest BCUT2D eigenvalue weighted by atomic mass is 10.1. The number of hydrogen-bond acceptors (Lipinski definition) is 2. The van der Waals surface area contributed by atoms with E-state index in [2.05, 4.69) is 36.2 Å². The van der Waals surface area contributed by atoms with Gasteiger partial charge in [0.15, 0.2) is 0 Å². The first-order valence-corrected chi connectivity index (χ1v) is 8.73. The zero-order valence-electron chi connectivity index (χ0n) is 13.1. The maximum atomic E-state index is 12.1. The molecular formula is C18H25NO2S. The minimum Gasteiger partial charge on any atom is -0.412 e. The van der Waals surface area contributed by atoms with E-state index in [9.17, 15) is 4.21 Å². The van der Waals surface area contributed by atoms with Gasteiger partial charge in [0.2, 0.25) is 0 Å². The number of nitrogens with zero attached hydrogens (tertiary/aromatic N) is 1. The average Bonchev–Trinajstić information content (AvgIpc) is 2.54. The van der Waals surface area contributed by atoms with E-state index < -0.39 is 10.8 Å². The van der Waals surface area contributed by atoms with Gasteiger partial charge in [-0.25, -0.2) is 0 Å². The summed E-state index contributed by atoms with van der Waals surface area (Å²) in [6.07, 6.45) is 2.03. The molecule has 2 aromatic carbocycles. The summed E-state index contributed by atoms with van der Waals surface area (Å²) in [6.45, 7) is 2.04. The van der Waals surface area contributed by atoms with Crippen molar-refractivity contribution in [1.82, 2.24) is 4.90 Å². The Hall–Kier alpha value is -1.49. The molecule has 2 rings (SSSR count). The van der Waals surface area contributed by atoms with Crippen LogP contribution in [0.15, 0.2) is 65.6 Å². The monoisotopic (exact) mass is 319 g/mol. The predicted octanol–water partition coefficient (Wildman–Crippen LogP) is 2.53. The minimum absolute atomic E-state index is 0. The van der Waals surface area contributed by atoms with Crippen molar-refractivity contribution in [2.45, 2.75) is 17.7 Å². The minimum atomic E-state index is -0.866. The molecule has 0 amide bonds. The van der Waals surface area contributed by atoms with Crippen LogP contribution in [0.2, 0.25) is 0 Å². The van der Waals surface area contributed by atoms with E-state index in [0.29, 0.717) is 0 Å². The highest BCUT2D eigenvalue weighted by Crippen LogP contribution is 2.07. The first-order chi connectivity index (χ1) is 10.3. The molecule has 120 valence electrons. The van der Waals surface area contributed by atoms with Crippen LogP contribution in [0.1, 0.15) is 12.0 Å². The maximum Gasteiger partial charge on any atom is 0.0529 e. The van der Waals surface area contributed by atoms with Gasteiger partial charge in [-0.1, -0.05) is 48.5 Å². The van der Waals surface area contributed by atoms with Crippen molar-refractivity contribution < 1.29 is 9.69 Å². The summed E-state index contributed by atoms with van der Waals surface area (Å²) >= 11 is 0. The molecule has 1 unspecified atom stereocenters. The lowest BCUT2D eigenvalue weighted by molar-refractivity contribution is 0.340. The molecule has 1 atom stereocenters. The van der Waals surface area contributed by atoms with E-state index in [0.717, 1.165) is 36.6 Å². The number of likely N-dealkylation sites (N-methyl/N-ethyl adjacent to an activating group) is 1. The molecule has 0 saturated heterocycles. The van der Waals surface area contributed by atoms with Gasteiger partial charge in [0.25, 0.3) is 0 Å². The molecule has 0 heterocycles. The summed E-state index contributed by atoms with van der Waals surface area (Å²) < 4.78 is 12.1. The Morgan fingerprint density at radius 1 is 0.909 bits per heavy atom. The van der Waals surface area contributed by atoms with Crippen molar-refractivity contribution >= 4 is 10.8 Å². The molecule has 0 aliphatic heterocycles. The van der Waals surface area contributed by atoms with E-state index in [-0.39, 0.29) is 5.48 Å². The Labute approximate surface area is 135 Å². The second-order valence-electron chi connectivity index (χ2n) is 5.26. The zero-order valence-corrected chi connectivity index (χ0v) is 13.9. The van der Waals surface area contributed by atoms with Crippen molar-refractivity contribution in [2.24, 2.45) is 0 Å². The molecule has 3 nitrogen and oxygen atoms in total. The van der Waals surface area contributed by atoms with E-state index >= 15 is 0 Å². The Balaban J connectivity index is 0.00000242. The van der Waals surface area contributed by atoms with Gasteiger partial charge in [-0.05, 0) is 44.1 Å². The molecule has 2 N–H and O–H groups in total. The lowest BCUT2D eigenvalue weighted by Crippen LogP contribution is -2.23. The summed E-state index contributed by atoms with van der Waals surface area (Å²) in [7, 11) is 1.27. The van der Waals surface area contributed by atoms with Crippen LogP contribution in [0.25, 0.3) is 0 Å². The summed E-state index contributed by atoms with van der Waals surface area (Å²) in [6, 6.07) is 20.3. The SMILES string of the molecule is CN(CCCS(=O)c1ccccc1)CCc1ccccc1.O. The summed E-state index contributed by atoms with van der Waals surface area (Å²) in [5.74, 6) is 0.736. The van der Waals surface area contributed by atoms with Crippen LogP contribution in [-0.4, -0.2) is 40.5 Å². The molecule has 0 radical (unpaired) electrons. The van der Waals surface area contributed by atoms with Gasteiger partial charge in [-0.2, -0.15) is 0 Å². The van der Waals surface area contributed by atoms with Gasteiger partial charge < -0.3 is 10.4 Å². The van der Waals surface area contributed by atoms with Gasteiger partial charge in [0, 0.05) is 17.2 Å². The van der Waals surface area contributed by atoms with Gasteiger partial charge in [0.05, 0.1) is 10.8 Å². The van der Waals surface area contributed by atoms with Crippen LogP contribution in [0.4, 0.5) is 0 Å². The van der Waals surface area contributed by atoms with Crippen molar-refractivity contribution in [2.75, 3.05) is 25.9 Å². The molecular weight excluding hydrogens is 294 g/mol. The van der Waals surface area contributed by atoms with Gasteiger partial charge in [-0.3, -0.25) is 4.21 Å². The van der Waals surface area contributed by atoms with Crippen molar-refractivity contribution in [3.8, 4) is 0 Å². The average molecular weight is 319 g/mol. The number of rotatable bonds is 8. The van der Waals surface area contributed by atoms with Crippen molar-refractivity contribution in [1.29, 1.82) is 0 Å². The maximum absolute atomic E-state index is 12.1. The molecule has 0 bridgehead atoms. The third-order valence-electron chi connectivity index (χ3n) is 3.50. The zero-order chi connectivity index (χ0) is 14.9. The van der Waals surface area contributed by atoms with Crippen LogP contribution in [0.3, 0.4) is 0 Å². The van der Waals surface area contributed by atoms with Crippen LogP contribution in [-0.2, 0) is 17.2 Å². The Kier molecular flexibility index (Phi) is 8.67. The predicted molar refractivity (Wildman–Crippen MR) is 93.6 cm³/mol. The van der Waals surface area contributed by atoms with Crippen LogP contribution >= 0.6 is 0 Å². The van der Waals surface area contributed by atoms with Crippen molar-refractivity contribution in [3.63, 3.8) is 0 Å². The molecule has 0 aliphatic rings. The molecule has 0 aromatic heterocycles. The fourth-order valence-electron chi connectivity index (χ4n) is 2.23. The topological polar surface area (TPSA) is 51.8 Å². The second-order valence-corrected chi connectivity index (χ2v) is 6.83. The van der Waals surface area contributed by atoms with Gasteiger partial charge >= 0.3 is 0 Å². The molecule has 0 spiro atoms. The van der Waals surface area contributed by atoms with Gasteiger partial charge in [-0.15, -0.1) is 0 Å². The molecule has 0 aliphatic carbocycles. The highest BCUT2D eigenvalue weighted by atomic mass is 32.2. The van der Waals surface area contributed by atoms with E-state index in [1.54, 1.807) is 0 Å². The third kappa shape index (κ3) is 6.52. The van der Waals surface area contributed by atoms with Crippen molar-refractivity contribution in [3.05, 3.63) is 66.2 Å². The van der Waals surface area contributed by atoms with E-state index in [1.165, 1.54) is 5.56 Å². The molecule has 0 saturated carbocycles. The lowest BCUT2D eigenvalue weighted by Gasteiger charge is -2.16. The summed E-state index contributed by atoms with van der Waals surface area (Å²) in [5.41, 5.74) is 1.37. The smallest absolute Gasteiger partial charge is 0.0529 e. The summed E-state index contributed by atoms with van der Waals surface area (Å²) in [4.78, 5) is 3.25. The largest absolute Gasteiger partial charge is 0.412 e. The first kappa shape index (κ1) is 18.6. The number of benzene rings is 2. The standard InChI is InChI=1S/C18H23NOS.H2O/c1-19(15-13-17-9-4-2-5-10-17)14-8-16-21(20)18-11-6-3-7-12-18;/h2-7,9-12H,8,13-16H2,1H3;1H2. The Morgan fingerprint density at radius 3 is 2.14 bits per heavy atom. The van der Waals surface area contributed by atoms with E-state index in [1.807, 2.05) is 36.4 Å². The second kappa shape index (κ2) is 10.3. The first-order valence-electron chi connectivity index (χ1n) is 7.41. The van der Waals surface area contributed by atoms with E-state index in [4.69, 9.17) is 0 Å². The molecule has 2 aromatic rings. The molecule has 4 heteroatoms. The highest BCUT2D eigenvalue weighted by Gasteiger charge is 2.04. The normalized spacial score (nSPS) is 11.9. The van der Waals surface area contributed by atoms with Crippen LogP contribution in [0.5, 0.6) is 0 Å². The highest BCUT2D eigenvalue weighted by molar-refractivity contribution is 7.85. The molecule has 22 heavy (non-hydrogen) atoms. The van der Waals surface area contributed by atoms with Crippen LogP contribution < -0.4 is 0 Å². The quantitative estimate of drug-likeness (QED) is 0.751. The van der Waals surface area contributed by atoms with Crippen LogP contribution in [0, 0.1) is 0 Å². The van der Waals surface area contributed by atoms with Gasteiger partial charge in [0.1, 0.15) is 0 Å². The number of hydrogen-bond donors (Lipinski definition) is 0. The Bertz CT molecular complexity index is 546. The Morgan fingerprint density at radius 2 is 1.50 bits per heavy atom.